The van der Waals surface area contributed by atoms with E-state index < -0.39 is 0 Å². The van der Waals surface area contributed by atoms with Crippen molar-refractivity contribution in [1.29, 1.82) is 0 Å². The molecule has 1 aliphatic heterocycles. The maximum atomic E-state index is 13.1. The summed E-state index contributed by atoms with van der Waals surface area (Å²) in [4.78, 5) is 26.4. The first-order valence-corrected chi connectivity index (χ1v) is 8.98. The van der Waals surface area contributed by atoms with Gasteiger partial charge < -0.3 is 4.90 Å². The molecule has 0 radical (unpaired) electrons. The highest BCUT2D eigenvalue weighted by Gasteiger charge is 2.27. The number of carbonyl (C=O) groups excluding carboxylic acids is 1. The van der Waals surface area contributed by atoms with Gasteiger partial charge in [0.25, 0.3) is 5.91 Å². The molecule has 1 amide bonds. The maximum absolute atomic E-state index is 13.1. The summed E-state index contributed by atoms with van der Waals surface area (Å²) in [6.45, 7) is 1.46. The summed E-state index contributed by atoms with van der Waals surface area (Å²) in [5.74, 6) is 1.34. The van der Waals surface area contributed by atoms with Crippen LogP contribution in [0.2, 0.25) is 0 Å². The van der Waals surface area contributed by atoms with Gasteiger partial charge in [-0.05, 0) is 42.8 Å². The molecule has 1 aromatic heterocycles. The van der Waals surface area contributed by atoms with Crippen molar-refractivity contribution in [2.45, 2.75) is 6.42 Å². The molecule has 0 bridgehead atoms. The molecule has 6 heteroatoms. The Bertz CT molecular complexity index is 942. The summed E-state index contributed by atoms with van der Waals surface area (Å²) in [7, 11) is 2.00. The molecule has 0 saturated heterocycles. The van der Waals surface area contributed by atoms with Gasteiger partial charge in [-0.15, -0.1) is 0 Å². The number of fused-ring (bicyclic) bond motifs is 2. The molecule has 25 heavy (non-hydrogen) atoms. The molecule has 1 aliphatic rings. The highest BCUT2D eigenvalue weighted by molar-refractivity contribution is 9.10. The van der Waals surface area contributed by atoms with Crippen LogP contribution in [0.3, 0.4) is 0 Å². The third-order valence-corrected chi connectivity index (χ3v) is 4.89. The van der Waals surface area contributed by atoms with Crippen LogP contribution in [0.5, 0.6) is 0 Å². The predicted molar refractivity (Wildman–Crippen MR) is 103 cm³/mol. The highest BCUT2D eigenvalue weighted by Crippen LogP contribution is 2.31. The molecule has 0 atom stereocenters. The van der Waals surface area contributed by atoms with Gasteiger partial charge in [0.2, 0.25) is 0 Å². The van der Waals surface area contributed by atoms with Gasteiger partial charge in [0, 0.05) is 30.2 Å². The molecule has 4 rings (SSSR count). The monoisotopic (exact) mass is 396 g/mol. The van der Waals surface area contributed by atoms with Crippen molar-refractivity contribution in [3.8, 4) is 0 Å². The van der Waals surface area contributed by atoms with Crippen molar-refractivity contribution in [1.82, 2.24) is 9.97 Å². The molecule has 0 N–H and O–H groups in total. The Morgan fingerprint density at radius 3 is 2.28 bits per heavy atom. The van der Waals surface area contributed by atoms with E-state index in [9.17, 15) is 4.79 Å². The van der Waals surface area contributed by atoms with Crippen LogP contribution >= 0.6 is 15.9 Å². The highest BCUT2D eigenvalue weighted by atomic mass is 79.9. The average Bonchev–Trinajstić information content (AvgIpc) is 2.79. The lowest BCUT2D eigenvalue weighted by atomic mass is 10.2. The quantitative estimate of drug-likeness (QED) is 0.626. The number of rotatable bonds is 1. The topological polar surface area (TPSA) is 49.3 Å². The molecule has 0 unspecified atom stereocenters. The summed E-state index contributed by atoms with van der Waals surface area (Å²) in [5, 5.41) is 0. The largest absolute Gasteiger partial charge is 0.357 e. The van der Waals surface area contributed by atoms with Crippen LogP contribution in [0.25, 0.3) is 11.0 Å². The van der Waals surface area contributed by atoms with E-state index in [2.05, 4.69) is 20.8 Å². The number of hydrogen-bond donors (Lipinski definition) is 0. The Kier molecular flexibility index (Phi) is 4.13. The molecular weight excluding hydrogens is 380 g/mol. The van der Waals surface area contributed by atoms with Gasteiger partial charge in [0.05, 0.1) is 11.0 Å². The van der Waals surface area contributed by atoms with E-state index in [-0.39, 0.29) is 5.91 Å². The zero-order chi connectivity index (χ0) is 17.4. The molecule has 2 heterocycles. The number of hydrogen-bond acceptors (Lipinski definition) is 4. The van der Waals surface area contributed by atoms with Crippen molar-refractivity contribution < 1.29 is 4.79 Å². The van der Waals surface area contributed by atoms with Crippen molar-refractivity contribution in [2.24, 2.45) is 0 Å². The molecular formula is C19H17BrN4O. The fraction of sp³-hybridized carbons (Fsp3) is 0.211. The zero-order valence-electron chi connectivity index (χ0n) is 13.8. The Morgan fingerprint density at radius 1 is 0.960 bits per heavy atom. The molecule has 0 fully saturated rings. The number of anilines is 2. The second-order valence-corrected chi connectivity index (χ2v) is 7.01. The van der Waals surface area contributed by atoms with E-state index >= 15 is 0 Å². The molecule has 2 aromatic carbocycles. The summed E-state index contributed by atoms with van der Waals surface area (Å²) in [5.41, 5.74) is 2.28. The van der Waals surface area contributed by atoms with E-state index in [4.69, 9.17) is 9.97 Å². The number of benzene rings is 2. The van der Waals surface area contributed by atoms with Crippen LogP contribution in [-0.4, -0.2) is 36.0 Å². The third kappa shape index (κ3) is 2.98. The fourth-order valence-electron chi connectivity index (χ4n) is 3.04. The van der Waals surface area contributed by atoms with Crippen LogP contribution in [-0.2, 0) is 0 Å². The van der Waals surface area contributed by atoms with Crippen molar-refractivity contribution in [2.75, 3.05) is 29.9 Å². The maximum Gasteiger partial charge on any atom is 0.259 e. The Labute approximate surface area is 154 Å². The van der Waals surface area contributed by atoms with Gasteiger partial charge in [-0.25, -0.2) is 9.97 Å². The first kappa shape index (κ1) is 16.0. The molecule has 5 nitrogen and oxygen atoms in total. The van der Waals surface area contributed by atoms with E-state index in [1.54, 1.807) is 4.90 Å². The van der Waals surface area contributed by atoms with E-state index in [0.29, 0.717) is 17.9 Å². The standard InChI is InChI=1S/C19H17BrN4O/c1-23-11-4-12-24(19(25)13-7-9-14(20)10-8-13)18-17(23)21-15-5-2-3-6-16(15)22-18/h2-3,5-10H,4,11-12H2,1H3. The molecule has 3 aromatic rings. The number of para-hydroxylation sites is 2. The molecule has 0 saturated carbocycles. The first-order valence-electron chi connectivity index (χ1n) is 8.19. The lowest BCUT2D eigenvalue weighted by molar-refractivity contribution is 0.0986. The van der Waals surface area contributed by atoms with Gasteiger partial charge in [0.1, 0.15) is 0 Å². The molecule has 126 valence electrons. The normalized spacial score (nSPS) is 14.3. The van der Waals surface area contributed by atoms with Crippen LogP contribution < -0.4 is 9.80 Å². The minimum Gasteiger partial charge on any atom is -0.357 e. The van der Waals surface area contributed by atoms with E-state index in [1.807, 2.05) is 55.6 Å². The summed E-state index contributed by atoms with van der Waals surface area (Å²) >= 11 is 3.41. The lowest BCUT2D eigenvalue weighted by Gasteiger charge is -2.23. The van der Waals surface area contributed by atoms with Gasteiger partial charge in [0.15, 0.2) is 11.6 Å². The fourth-order valence-corrected chi connectivity index (χ4v) is 3.31. The van der Waals surface area contributed by atoms with Crippen molar-refractivity contribution in [3.63, 3.8) is 0 Å². The van der Waals surface area contributed by atoms with E-state index in [0.717, 1.165) is 34.3 Å². The minimum atomic E-state index is -0.0476. The Hall–Kier alpha value is -2.47. The third-order valence-electron chi connectivity index (χ3n) is 4.36. The van der Waals surface area contributed by atoms with Gasteiger partial charge in [-0.1, -0.05) is 28.1 Å². The molecule has 0 spiro atoms. The van der Waals surface area contributed by atoms with Crippen LogP contribution in [0, 0.1) is 0 Å². The number of amides is 1. The SMILES string of the molecule is CN1CCCN(C(=O)c2ccc(Br)cc2)c2nc3ccccc3nc21. The lowest BCUT2D eigenvalue weighted by Crippen LogP contribution is -2.32. The van der Waals surface area contributed by atoms with Crippen molar-refractivity contribution >= 4 is 44.5 Å². The van der Waals surface area contributed by atoms with Crippen molar-refractivity contribution in [3.05, 3.63) is 58.6 Å². The first-order chi connectivity index (χ1) is 12.1. The number of aromatic nitrogens is 2. The van der Waals surface area contributed by atoms with Gasteiger partial charge >= 0.3 is 0 Å². The van der Waals surface area contributed by atoms with E-state index in [1.165, 1.54) is 0 Å². The second-order valence-electron chi connectivity index (χ2n) is 6.10. The predicted octanol–water partition coefficient (Wildman–Crippen LogP) is 3.88. The Balaban J connectivity index is 1.84. The summed E-state index contributed by atoms with van der Waals surface area (Å²) in [6.07, 6.45) is 0.868. The summed E-state index contributed by atoms with van der Waals surface area (Å²) in [6, 6.07) is 15.2. The van der Waals surface area contributed by atoms with Gasteiger partial charge in [-0.3, -0.25) is 9.69 Å². The molecule has 0 aliphatic carbocycles. The van der Waals surface area contributed by atoms with Crippen LogP contribution in [0.4, 0.5) is 11.6 Å². The second kappa shape index (κ2) is 6.44. The average molecular weight is 397 g/mol. The zero-order valence-corrected chi connectivity index (χ0v) is 15.4. The minimum absolute atomic E-state index is 0.0476. The number of halogens is 1. The van der Waals surface area contributed by atoms with Crippen LogP contribution in [0.15, 0.2) is 53.0 Å². The van der Waals surface area contributed by atoms with Gasteiger partial charge in [-0.2, -0.15) is 0 Å². The smallest absolute Gasteiger partial charge is 0.259 e. The number of nitrogens with zero attached hydrogens (tertiary/aromatic N) is 4. The summed E-state index contributed by atoms with van der Waals surface area (Å²) < 4.78 is 0.950. The Morgan fingerprint density at radius 2 is 1.60 bits per heavy atom. The number of carbonyl (C=O) groups is 1. The van der Waals surface area contributed by atoms with Crippen LogP contribution in [0.1, 0.15) is 16.8 Å².